The molecule has 1 heterocycles. The molecule has 2 aliphatic rings. The van der Waals surface area contributed by atoms with Crippen molar-refractivity contribution in [3.8, 4) is 0 Å². The van der Waals surface area contributed by atoms with E-state index in [9.17, 15) is 23.3 Å². The van der Waals surface area contributed by atoms with Crippen LogP contribution < -0.4 is 0 Å². The molecule has 0 bridgehead atoms. The highest BCUT2D eigenvalue weighted by atomic mass is 32.2. The smallest absolute Gasteiger partial charge is 0.311 e. The van der Waals surface area contributed by atoms with Gasteiger partial charge >= 0.3 is 5.97 Å². The number of ether oxygens (including phenoxy) is 2. The summed E-state index contributed by atoms with van der Waals surface area (Å²) in [5.74, 6) is -1.80. The number of sulfonamides is 1. The molecule has 0 amide bonds. The van der Waals surface area contributed by atoms with Crippen molar-refractivity contribution in [2.75, 3.05) is 6.61 Å². The van der Waals surface area contributed by atoms with E-state index in [0.29, 0.717) is 0 Å². The topological polar surface area (TPSA) is 125 Å². The second-order valence-electron chi connectivity index (χ2n) is 5.18. The Kier molecular flexibility index (Phi) is 4.23. The van der Waals surface area contributed by atoms with Crippen LogP contribution in [0.15, 0.2) is 57.9 Å². The summed E-state index contributed by atoms with van der Waals surface area (Å²) < 4.78 is 38.8. The van der Waals surface area contributed by atoms with Crippen molar-refractivity contribution in [1.82, 2.24) is 0 Å². The highest BCUT2D eigenvalue weighted by molar-refractivity contribution is 7.90. The maximum Gasteiger partial charge on any atom is 0.311 e. The number of para-hydroxylation sites is 1. The lowest BCUT2D eigenvalue weighted by molar-refractivity contribution is -0.387. The van der Waals surface area contributed by atoms with Crippen LogP contribution in [0.25, 0.3) is 0 Å². The van der Waals surface area contributed by atoms with E-state index in [-0.39, 0.29) is 18.7 Å². The molecule has 0 atom stereocenters. The molecule has 1 fully saturated rings. The van der Waals surface area contributed by atoms with Crippen LogP contribution in [0.4, 0.5) is 5.69 Å². The van der Waals surface area contributed by atoms with E-state index in [0.717, 1.165) is 12.1 Å². The minimum Gasteiger partial charge on any atom is -0.425 e. The summed E-state index contributed by atoms with van der Waals surface area (Å²) in [4.78, 5) is 21.1. The molecule has 0 N–H and O–H groups in total. The Morgan fingerprint density at radius 1 is 1.20 bits per heavy atom. The molecule has 1 saturated heterocycles. The molecule has 1 spiro atoms. The number of allylic oxidation sites excluding steroid dienone is 2. The second-order valence-corrected chi connectivity index (χ2v) is 6.75. The first-order valence-electron chi connectivity index (χ1n) is 7.14. The van der Waals surface area contributed by atoms with Crippen LogP contribution in [0.3, 0.4) is 0 Å². The average Bonchev–Trinajstić information content (AvgIpc) is 2.57. The Balaban J connectivity index is 1.91. The lowest BCUT2D eigenvalue weighted by Crippen LogP contribution is -2.40. The van der Waals surface area contributed by atoms with Gasteiger partial charge < -0.3 is 9.47 Å². The van der Waals surface area contributed by atoms with E-state index in [4.69, 9.17) is 9.47 Å². The lowest BCUT2D eigenvalue weighted by Gasteiger charge is -2.32. The molecule has 0 saturated carbocycles. The number of esters is 1. The first-order chi connectivity index (χ1) is 11.8. The van der Waals surface area contributed by atoms with Gasteiger partial charge in [-0.25, -0.2) is 0 Å². The third kappa shape index (κ3) is 3.49. The van der Waals surface area contributed by atoms with Gasteiger partial charge in [-0.1, -0.05) is 12.1 Å². The number of nitro groups is 1. The molecule has 130 valence electrons. The van der Waals surface area contributed by atoms with Gasteiger partial charge in [0.25, 0.3) is 21.5 Å². The number of carbonyl (C=O) groups excluding carboxylic acids is 1. The molecule has 0 aromatic heterocycles. The minimum atomic E-state index is -4.29. The van der Waals surface area contributed by atoms with Crippen molar-refractivity contribution in [2.24, 2.45) is 4.40 Å². The SMILES string of the molecule is O=C1CCOC2(C=CC(=NS(=O)(=O)c3ccccc3[N+](=O)[O-])C=C2)O1. The van der Waals surface area contributed by atoms with E-state index in [2.05, 4.69) is 4.40 Å². The van der Waals surface area contributed by atoms with E-state index in [1.54, 1.807) is 0 Å². The Labute approximate surface area is 142 Å². The van der Waals surface area contributed by atoms with Crippen LogP contribution in [0, 0.1) is 10.1 Å². The maximum absolute atomic E-state index is 12.4. The Bertz CT molecular complexity index is 915. The molecule has 1 aliphatic carbocycles. The Morgan fingerprint density at radius 2 is 1.88 bits per heavy atom. The van der Waals surface area contributed by atoms with Crippen LogP contribution in [-0.2, 0) is 24.3 Å². The van der Waals surface area contributed by atoms with E-state index in [1.165, 1.54) is 36.4 Å². The molecule has 10 heteroatoms. The number of nitrogens with zero attached hydrogens (tertiary/aromatic N) is 2. The van der Waals surface area contributed by atoms with Crippen molar-refractivity contribution >= 4 is 27.4 Å². The summed E-state index contributed by atoms with van der Waals surface area (Å²) in [5.41, 5.74) is -0.536. The van der Waals surface area contributed by atoms with Crippen LogP contribution in [-0.4, -0.2) is 37.4 Å². The zero-order valence-corrected chi connectivity index (χ0v) is 13.5. The van der Waals surface area contributed by atoms with Crippen molar-refractivity contribution < 1.29 is 27.6 Å². The molecule has 1 aromatic carbocycles. The summed E-state index contributed by atoms with van der Waals surface area (Å²) >= 11 is 0. The standard InChI is InChI=1S/C15H12N2O7S/c18-14-7-10-23-15(24-14)8-5-11(6-9-15)16-25(21,22)13-4-2-1-3-12(13)17(19)20/h1-6,8-9H,7,10H2. The fourth-order valence-electron chi connectivity index (χ4n) is 2.31. The molecule has 3 rings (SSSR count). The summed E-state index contributed by atoms with van der Waals surface area (Å²) in [6, 6.07) is 4.94. The number of rotatable bonds is 3. The molecule has 1 aliphatic heterocycles. The molecular weight excluding hydrogens is 352 g/mol. The maximum atomic E-state index is 12.4. The highest BCUT2D eigenvalue weighted by Gasteiger charge is 2.35. The molecular formula is C15H12N2O7S. The van der Waals surface area contributed by atoms with Crippen LogP contribution in [0.1, 0.15) is 6.42 Å². The molecule has 0 radical (unpaired) electrons. The van der Waals surface area contributed by atoms with Crippen molar-refractivity contribution in [1.29, 1.82) is 0 Å². The summed E-state index contributed by atoms with van der Waals surface area (Å²) in [7, 11) is -4.29. The predicted octanol–water partition coefficient (Wildman–Crippen LogP) is 1.51. The summed E-state index contributed by atoms with van der Waals surface area (Å²) in [6.45, 7) is 0.175. The Hall–Kier alpha value is -2.85. The van der Waals surface area contributed by atoms with Gasteiger partial charge in [-0.3, -0.25) is 14.9 Å². The van der Waals surface area contributed by atoms with Crippen LogP contribution in [0.2, 0.25) is 0 Å². The zero-order chi connectivity index (χ0) is 18.1. The van der Waals surface area contributed by atoms with Gasteiger partial charge in [0.2, 0.25) is 0 Å². The fraction of sp³-hybridized carbons (Fsp3) is 0.200. The largest absolute Gasteiger partial charge is 0.425 e. The number of hydrogen-bond acceptors (Lipinski definition) is 7. The molecule has 1 aromatic rings. The quantitative estimate of drug-likeness (QED) is 0.452. The van der Waals surface area contributed by atoms with E-state index < -0.39 is 37.3 Å². The monoisotopic (exact) mass is 364 g/mol. The van der Waals surface area contributed by atoms with E-state index >= 15 is 0 Å². The average molecular weight is 364 g/mol. The highest BCUT2D eigenvalue weighted by Crippen LogP contribution is 2.28. The van der Waals surface area contributed by atoms with E-state index in [1.807, 2.05) is 0 Å². The van der Waals surface area contributed by atoms with Gasteiger partial charge in [0, 0.05) is 6.07 Å². The van der Waals surface area contributed by atoms with Crippen molar-refractivity contribution in [3.05, 3.63) is 58.7 Å². The molecule has 0 unspecified atom stereocenters. The second kappa shape index (κ2) is 6.22. The van der Waals surface area contributed by atoms with Crippen LogP contribution in [0.5, 0.6) is 0 Å². The fourth-order valence-corrected chi connectivity index (χ4v) is 3.46. The van der Waals surface area contributed by atoms with Crippen molar-refractivity contribution in [3.63, 3.8) is 0 Å². The third-order valence-electron chi connectivity index (χ3n) is 3.45. The number of carbonyl (C=O) groups is 1. The molecule has 9 nitrogen and oxygen atoms in total. The van der Waals surface area contributed by atoms with Crippen LogP contribution >= 0.6 is 0 Å². The predicted molar refractivity (Wildman–Crippen MR) is 85.4 cm³/mol. The van der Waals surface area contributed by atoms with Gasteiger partial charge in [0.05, 0.1) is 23.7 Å². The Morgan fingerprint density at radius 3 is 2.52 bits per heavy atom. The normalized spacial score (nSPS) is 22.7. The lowest BCUT2D eigenvalue weighted by atomic mass is 10.1. The minimum absolute atomic E-state index is 0.0222. The molecule has 25 heavy (non-hydrogen) atoms. The van der Waals surface area contributed by atoms with Crippen molar-refractivity contribution in [2.45, 2.75) is 17.1 Å². The van der Waals surface area contributed by atoms with Gasteiger partial charge in [0.15, 0.2) is 4.90 Å². The summed E-state index contributed by atoms with van der Waals surface area (Å²) in [6.07, 6.45) is 5.47. The summed E-state index contributed by atoms with van der Waals surface area (Å²) in [5, 5.41) is 11.0. The first-order valence-corrected chi connectivity index (χ1v) is 8.58. The number of benzene rings is 1. The van der Waals surface area contributed by atoms with Gasteiger partial charge in [-0.2, -0.15) is 12.8 Å². The first kappa shape index (κ1) is 17.0. The zero-order valence-electron chi connectivity index (χ0n) is 12.7. The third-order valence-corrected chi connectivity index (χ3v) is 4.80. The number of nitro benzene ring substituents is 1. The van der Waals surface area contributed by atoms with Gasteiger partial charge in [0.1, 0.15) is 0 Å². The van der Waals surface area contributed by atoms with Gasteiger partial charge in [-0.05, 0) is 30.4 Å². The van der Waals surface area contributed by atoms with Gasteiger partial charge in [-0.15, -0.1) is 0 Å². The number of hydrogen-bond donors (Lipinski definition) is 0.